The quantitative estimate of drug-likeness (QED) is 0.718. The summed E-state index contributed by atoms with van der Waals surface area (Å²) in [6.45, 7) is 1.03. The van der Waals surface area contributed by atoms with Crippen molar-refractivity contribution in [2.75, 3.05) is 0 Å². The van der Waals surface area contributed by atoms with Crippen molar-refractivity contribution in [3.8, 4) is 5.75 Å². The van der Waals surface area contributed by atoms with Gasteiger partial charge in [0.25, 0.3) is 5.56 Å². The predicted octanol–water partition coefficient (Wildman–Crippen LogP) is 1.72. The summed E-state index contributed by atoms with van der Waals surface area (Å²) in [6.07, 6.45) is -4.50. The maximum atomic E-state index is 12.8. The highest BCUT2D eigenvalue weighted by molar-refractivity contribution is 5.30. The van der Waals surface area contributed by atoms with E-state index in [-0.39, 0.29) is 0 Å². The van der Waals surface area contributed by atoms with Crippen molar-refractivity contribution >= 4 is 0 Å². The molecule has 0 spiro atoms. The van der Waals surface area contributed by atoms with Crippen LogP contribution >= 0.6 is 0 Å². The second-order valence-electron chi connectivity index (χ2n) is 2.47. The number of alkyl halides is 3. The first-order valence-electron chi connectivity index (χ1n) is 3.45. The van der Waals surface area contributed by atoms with Gasteiger partial charge in [-0.25, -0.2) is 4.39 Å². The summed E-state index contributed by atoms with van der Waals surface area (Å²) in [7, 11) is 0. The highest BCUT2D eigenvalue weighted by Crippen LogP contribution is 2.26. The molecule has 14 heavy (non-hydrogen) atoms. The summed E-state index contributed by atoms with van der Waals surface area (Å²) < 4.78 is 51.3. The molecule has 0 aliphatic heterocycles. The van der Waals surface area contributed by atoms with E-state index in [2.05, 4.69) is 4.74 Å². The molecule has 1 heterocycles. The van der Waals surface area contributed by atoms with Gasteiger partial charge in [-0.15, -0.1) is 13.2 Å². The third-order valence-corrected chi connectivity index (χ3v) is 1.45. The summed E-state index contributed by atoms with van der Waals surface area (Å²) >= 11 is 0. The highest BCUT2D eigenvalue weighted by atomic mass is 19.4. The number of H-pyrrole nitrogens is 1. The fraction of sp³-hybridized carbons (Fsp3) is 0.286. The van der Waals surface area contributed by atoms with E-state index in [1.807, 2.05) is 4.98 Å². The van der Waals surface area contributed by atoms with Crippen molar-refractivity contribution in [3.05, 3.63) is 27.9 Å². The second-order valence-corrected chi connectivity index (χ2v) is 2.47. The molecule has 0 saturated heterocycles. The Labute approximate surface area is 75.3 Å². The zero-order valence-electron chi connectivity index (χ0n) is 6.91. The zero-order valence-corrected chi connectivity index (χ0v) is 6.91. The number of aromatic amines is 1. The van der Waals surface area contributed by atoms with Crippen LogP contribution in [0.15, 0.2) is 11.0 Å². The number of aromatic nitrogens is 1. The van der Waals surface area contributed by atoms with Gasteiger partial charge in [0, 0.05) is 6.20 Å². The Bertz CT molecular complexity index is 396. The lowest BCUT2D eigenvalue weighted by Gasteiger charge is -2.10. The smallest absolute Gasteiger partial charge is 0.402 e. The number of rotatable bonds is 1. The van der Waals surface area contributed by atoms with Crippen LogP contribution in [0.25, 0.3) is 0 Å². The molecule has 0 saturated carbocycles. The topological polar surface area (TPSA) is 42.1 Å². The Hall–Kier alpha value is -1.53. The Kier molecular flexibility index (Phi) is 2.50. The lowest BCUT2D eigenvalue weighted by molar-refractivity contribution is -0.275. The largest absolute Gasteiger partial charge is 0.573 e. The van der Waals surface area contributed by atoms with Crippen molar-refractivity contribution < 1.29 is 22.3 Å². The lowest BCUT2D eigenvalue weighted by Crippen LogP contribution is -2.21. The van der Waals surface area contributed by atoms with Crippen LogP contribution in [0.5, 0.6) is 5.75 Å². The monoisotopic (exact) mass is 211 g/mol. The molecule has 0 radical (unpaired) electrons. The molecular formula is C7H5F4NO2. The van der Waals surface area contributed by atoms with Gasteiger partial charge >= 0.3 is 6.36 Å². The zero-order chi connectivity index (χ0) is 10.9. The van der Waals surface area contributed by atoms with Crippen LogP contribution in [-0.4, -0.2) is 11.3 Å². The van der Waals surface area contributed by atoms with Gasteiger partial charge in [0.1, 0.15) is 0 Å². The van der Waals surface area contributed by atoms with Crippen molar-refractivity contribution in [1.82, 2.24) is 4.98 Å². The van der Waals surface area contributed by atoms with Gasteiger partial charge in [-0.2, -0.15) is 0 Å². The summed E-state index contributed by atoms with van der Waals surface area (Å²) in [5, 5.41) is 0. The minimum Gasteiger partial charge on any atom is -0.402 e. The van der Waals surface area contributed by atoms with Crippen LogP contribution in [-0.2, 0) is 0 Å². The third kappa shape index (κ3) is 2.24. The van der Waals surface area contributed by atoms with E-state index in [0.717, 1.165) is 6.92 Å². The van der Waals surface area contributed by atoms with Crippen LogP contribution in [0.1, 0.15) is 5.56 Å². The molecule has 1 aromatic heterocycles. The maximum absolute atomic E-state index is 12.8. The summed E-state index contributed by atoms with van der Waals surface area (Å²) in [5.74, 6) is -2.36. The molecule has 0 atom stereocenters. The van der Waals surface area contributed by atoms with Gasteiger partial charge in [0.15, 0.2) is 11.6 Å². The molecule has 7 heteroatoms. The van der Waals surface area contributed by atoms with E-state index in [0.29, 0.717) is 6.20 Å². The third-order valence-electron chi connectivity index (χ3n) is 1.45. The van der Waals surface area contributed by atoms with Gasteiger partial charge in [-0.05, 0) is 6.92 Å². The van der Waals surface area contributed by atoms with Crippen LogP contribution in [0.3, 0.4) is 0 Å². The van der Waals surface area contributed by atoms with Crippen molar-refractivity contribution in [3.63, 3.8) is 0 Å². The fourth-order valence-corrected chi connectivity index (χ4v) is 0.826. The number of nitrogens with one attached hydrogen (secondary N) is 1. The summed E-state index contributed by atoms with van der Waals surface area (Å²) in [5.41, 5.74) is -1.28. The molecule has 0 aromatic carbocycles. The summed E-state index contributed by atoms with van der Waals surface area (Å²) in [4.78, 5) is 12.7. The molecule has 0 aliphatic carbocycles. The predicted molar refractivity (Wildman–Crippen MR) is 38.4 cm³/mol. The highest BCUT2D eigenvalue weighted by Gasteiger charge is 2.33. The standard InChI is InChI=1S/C7H5F4NO2/c1-3-5(14-7(9,10)11)4(8)2-12-6(3)13/h2H,1H3,(H,12,13). The maximum Gasteiger partial charge on any atom is 0.573 e. The number of hydrogen-bond donors (Lipinski definition) is 1. The number of halogens is 4. The van der Waals surface area contributed by atoms with Gasteiger partial charge in [-0.1, -0.05) is 0 Å². The van der Waals surface area contributed by atoms with Crippen LogP contribution < -0.4 is 10.3 Å². The molecule has 0 bridgehead atoms. The Morgan fingerprint density at radius 2 is 2.00 bits per heavy atom. The Balaban J connectivity index is 3.20. The molecule has 1 N–H and O–H groups in total. The molecule has 0 fully saturated rings. The van der Waals surface area contributed by atoms with E-state index in [4.69, 9.17) is 0 Å². The average Bonchev–Trinajstić information content (AvgIpc) is 2.04. The van der Waals surface area contributed by atoms with E-state index < -0.39 is 29.1 Å². The summed E-state index contributed by atoms with van der Waals surface area (Å²) in [6, 6.07) is 0. The van der Waals surface area contributed by atoms with E-state index in [1.165, 1.54) is 0 Å². The minimum absolute atomic E-state index is 0.456. The molecule has 0 aliphatic rings. The molecule has 78 valence electrons. The Morgan fingerprint density at radius 3 is 2.50 bits per heavy atom. The molecule has 3 nitrogen and oxygen atoms in total. The molecule has 1 rings (SSSR count). The van der Waals surface area contributed by atoms with Crippen molar-refractivity contribution in [2.24, 2.45) is 0 Å². The second kappa shape index (κ2) is 3.32. The number of ether oxygens (including phenoxy) is 1. The van der Waals surface area contributed by atoms with Crippen molar-refractivity contribution in [1.29, 1.82) is 0 Å². The SMILES string of the molecule is Cc1c(OC(F)(F)F)c(F)c[nH]c1=O. The van der Waals surface area contributed by atoms with E-state index in [1.54, 1.807) is 0 Å². The first-order valence-corrected chi connectivity index (χ1v) is 3.45. The molecule has 0 unspecified atom stereocenters. The van der Waals surface area contributed by atoms with Gasteiger partial charge in [0.05, 0.1) is 5.56 Å². The van der Waals surface area contributed by atoms with Crippen molar-refractivity contribution in [2.45, 2.75) is 13.3 Å². The number of hydrogen-bond acceptors (Lipinski definition) is 2. The van der Waals surface area contributed by atoms with Gasteiger partial charge < -0.3 is 9.72 Å². The normalized spacial score (nSPS) is 11.5. The molecule has 1 aromatic rings. The Morgan fingerprint density at radius 1 is 1.43 bits per heavy atom. The van der Waals surface area contributed by atoms with Crippen LogP contribution in [0, 0.1) is 12.7 Å². The van der Waals surface area contributed by atoms with E-state index >= 15 is 0 Å². The first kappa shape index (κ1) is 10.6. The van der Waals surface area contributed by atoms with Gasteiger partial charge in [-0.3, -0.25) is 4.79 Å². The molecule has 0 amide bonds. The average molecular weight is 211 g/mol. The van der Waals surface area contributed by atoms with E-state index in [9.17, 15) is 22.4 Å². The number of pyridine rings is 1. The van der Waals surface area contributed by atoms with Crippen LogP contribution in [0.4, 0.5) is 17.6 Å². The fourth-order valence-electron chi connectivity index (χ4n) is 0.826. The minimum atomic E-state index is -5.01. The van der Waals surface area contributed by atoms with Crippen LogP contribution in [0.2, 0.25) is 0 Å². The lowest BCUT2D eigenvalue weighted by atomic mass is 10.3. The first-order chi connectivity index (χ1) is 6.31. The molecular weight excluding hydrogens is 206 g/mol. The van der Waals surface area contributed by atoms with Gasteiger partial charge in [0.2, 0.25) is 0 Å².